The minimum absolute atomic E-state index is 0.171. The zero-order chi connectivity index (χ0) is 29.0. The highest BCUT2D eigenvalue weighted by Crippen LogP contribution is 2.17. The van der Waals surface area contributed by atoms with Crippen LogP contribution in [0.15, 0.2) is 96.2 Å². The number of nitrogens with zero attached hydrogens (tertiary/aromatic N) is 1. The van der Waals surface area contributed by atoms with E-state index in [-0.39, 0.29) is 18.5 Å². The van der Waals surface area contributed by atoms with Gasteiger partial charge in [0.25, 0.3) is 0 Å². The first-order chi connectivity index (χ1) is 18.4. The predicted molar refractivity (Wildman–Crippen MR) is 153 cm³/mol. The number of hydrogen-bond acceptors (Lipinski definition) is 6. The number of aliphatic imine (C=N–C) groups is 1. The lowest BCUT2D eigenvalue weighted by atomic mass is 10.0. The van der Waals surface area contributed by atoms with Gasteiger partial charge in [0.05, 0.1) is 24.5 Å². The third-order valence-electron chi connectivity index (χ3n) is 5.69. The summed E-state index contributed by atoms with van der Waals surface area (Å²) in [5, 5.41) is 5.52. The van der Waals surface area contributed by atoms with Gasteiger partial charge < -0.3 is 15.4 Å². The summed E-state index contributed by atoms with van der Waals surface area (Å²) in [7, 11) is -3.20. The SMILES string of the molecule is C=C/C=C(C)/C(C)=N/C(=C)C(Cc1ccc(NS(=O)(=O)O)cc1)NC(=O)[C@H](Cc1ccccc1)NC(=O)OC. The molecule has 1 unspecified atom stereocenters. The summed E-state index contributed by atoms with van der Waals surface area (Å²) in [6.45, 7) is 11.5. The van der Waals surface area contributed by atoms with Gasteiger partial charge in [-0.25, -0.2) is 4.79 Å². The molecule has 0 spiro atoms. The minimum atomic E-state index is -4.41. The number of ether oxygens (including phenoxy) is 1. The molecule has 2 rings (SSSR count). The predicted octanol–water partition coefficient (Wildman–Crippen LogP) is 4.00. The lowest BCUT2D eigenvalue weighted by Crippen LogP contribution is -2.51. The molecule has 0 aliphatic rings. The van der Waals surface area contributed by atoms with E-state index in [9.17, 15) is 18.0 Å². The van der Waals surface area contributed by atoms with E-state index in [1.165, 1.54) is 19.2 Å². The number of nitrogens with one attached hydrogen (secondary N) is 3. The smallest absolute Gasteiger partial charge is 0.407 e. The topological polar surface area (TPSA) is 146 Å². The molecule has 39 heavy (non-hydrogen) atoms. The summed E-state index contributed by atoms with van der Waals surface area (Å²) in [4.78, 5) is 30.0. The largest absolute Gasteiger partial charge is 0.453 e. The van der Waals surface area contributed by atoms with Crippen molar-refractivity contribution >= 4 is 33.7 Å². The first kappa shape index (κ1) is 31.0. The number of rotatable bonds is 13. The molecule has 4 N–H and O–H groups in total. The fraction of sp³-hybridized carbons (Fsp3) is 0.250. The van der Waals surface area contributed by atoms with Crippen LogP contribution in [0.5, 0.6) is 0 Å². The van der Waals surface area contributed by atoms with E-state index in [4.69, 9.17) is 9.29 Å². The number of anilines is 1. The second-order valence-corrected chi connectivity index (χ2v) is 9.85. The van der Waals surface area contributed by atoms with Crippen molar-refractivity contribution in [3.8, 4) is 0 Å². The maximum atomic E-state index is 13.4. The lowest BCUT2D eigenvalue weighted by Gasteiger charge is -2.24. The Morgan fingerprint density at radius 1 is 1.00 bits per heavy atom. The highest BCUT2D eigenvalue weighted by atomic mass is 32.2. The zero-order valence-electron chi connectivity index (χ0n) is 22.2. The molecule has 0 fully saturated rings. The summed E-state index contributed by atoms with van der Waals surface area (Å²) >= 11 is 0. The fourth-order valence-electron chi connectivity index (χ4n) is 3.56. The van der Waals surface area contributed by atoms with E-state index in [0.29, 0.717) is 11.4 Å². The van der Waals surface area contributed by atoms with Gasteiger partial charge in [-0.15, -0.1) is 0 Å². The number of carbonyl (C=O) groups is 2. The van der Waals surface area contributed by atoms with Crippen molar-refractivity contribution in [3.05, 3.63) is 102 Å². The van der Waals surface area contributed by atoms with E-state index in [2.05, 4.69) is 28.8 Å². The van der Waals surface area contributed by atoms with Gasteiger partial charge in [-0.3, -0.25) is 19.1 Å². The molecule has 0 radical (unpaired) electrons. The average molecular weight is 555 g/mol. The van der Waals surface area contributed by atoms with Gasteiger partial charge in [0.1, 0.15) is 6.04 Å². The van der Waals surface area contributed by atoms with E-state index < -0.39 is 34.4 Å². The van der Waals surface area contributed by atoms with Crippen molar-refractivity contribution in [2.75, 3.05) is 11.8 Å². The molecule has 2 atom stereocenters. The van der Waals surface area contributed by atoms with Gasteiger partial charge in [0.2, 0.25) is 5.91 Å². The van der Waals surface area contributed by atoms with Crippen LogP contribution in [0.1, 0.15) is 25.0 Å². The Balaban J connectivity index is 2.35. The Labute approximate surface area is 229 Å². The van der Waals surface area contributed by atoms with Gasteiger partial charge >= 0.3 is 16.4 Å². The number of carbonyl (C=O) groups excluding carboxylic acids is 2. The number of allylic oxidation sites excluding steroid dienone is 3. The maximum absolute atomic E-state index is 13.4. The lowest BCUT2D eigenvalue weighted by molar-refractivity contribution is -0.123. The van der Waals surface area contributed by atoms with Crippen molar-refractivity contribution in [1.82, 2.24) is 10.6 Å². The summed E-state index contributed by atoms with van der Waals surface area (Å²) in [6, 6.07) is 13.9. The van der Waals surface area contributed by atoms with Crippen molar-refractivity contribution in [3.63, 3.8) is 0 Å². The van der Waals surface area contributed by atoms with Crippen LogP contribution in [0, 0.1) is 0 Å². The standard InChI is InChI=1S/C28H34N4O6S/c1-6-10-19(2)20(3)29-21(4)25(17-23-13-15-24(16-14-23)32-39(35,36)37)30-27(33)26(31-28(34)38-5)18-22-11-8-7-9-12-22/h6-16,25-26,32H,1,4,17-18H2,2-3,5H3,(H,30,33)(H,31,34)(H,35,36,37)/b19-10+,29-20+/t25?,26-/m0/s1. The van der Waals surface area contributed by atoms with Crippen molar-refractivity contribution in [2.24, 2.45) is 4.99 Å². The van der Waals surface area contributed by atoms with E-state index in [0.717, 1.165) is 16.7 Å². The first-order valence-corrected chi connectivity index (χ1v) is 13.4. The van der Waals surface area contributed by atoms with Crippen LogP contribution in [0.4, 0.5) is 10.5 Å². The second-order valence-electron chi connectivity index (χ2n) is 8.69. The van der Waals surface area contributed by atoms with Crippen molar-refractivity contribution < 1.29 is 27.3 Å². The Kier molecular flexibility index (Phi) is 11.6. The van der Waals surface area contributed by atoms with Crippen molar-refractivity contribution in [2.45, 2.75) is 38.8 Å². The number of benzene rings is 2. The molecular weight excluding hydrogens is 520 g/mol. The molecule has 0 aliphatic carbocycles. The van der Waals surface area contributed by atoms with Gasteiger partial charge in [-0.2, -0.15) is 8.42 Å². The normalized spacial score (nSPS) is 13.5. The molecule has 0 heterocycles. The molecule has 2 aromatic carbocycles. The van der Waals surface area contributed by atoms with Crippen LogP contribution >= 0.6 is 0 Å². The molecule has 0 bridgehead atoms. The summed E-state index contributed by atoms with van der Waals surface area (Å²) in [5.74, 6) is -0.466. The minimum Gasteiger partial charge on any atom is -0.453 e. The first-order valence-electron chi connectivity index (χ1n) is 12.0. The molecule has 0 aromatic heterocycles. The Hall–Kier alpha value is -4.22. The molecule has 2 amide bonds. The zero-order valence-corrected chi connectivity index (χ0v) is 23.0. The van der Waals surface area contributed by atoms with Crippen LogP contribution in [0.25, 0.3) is 0 Å². The van der Waals surface area contributed by atoms with E-state index >= 15 is 0 Å². The van der Waals surface area contributed by atoms with Gasteiger partial charge in [-0.1, -0.05) is 67.8 Å². The Bertz CT molecular complexity index is 1340. The Morgan fingerprint density at radius 3 is 2.15 bits per heavy atom. The molecule has 0 saturated carbocycles. The van der Waals surface area contributed by atoms with Gasteiger partial charge in [0.15, 0.2) is 0 Å². The molecule has 10 nitrogen and oxygen atoms in total. The highest BCUT2D eigenvalue weighted by Gasteiger charge is 2.25. The molecule has 2 aromatic rings. The highest BCUT2D eigenvalue weighted by molar-refractivity contribution is 7.87. The van der Waals surface area contributed by atoms with Gasteiger partial charge in [-0.05, 0) is 49.1 Å². The number of hydrogen-bond donors (Lipinski definition) is 4. The molecule has 11 heteroatoms. The van der Waals surface area contributed by atoms with Crippen LogP contribution in [-0.4, -0.2) is 49.9 Å². The number of amides is 2. The molecule has 0 aliphatic heterocycles. The monoisotopic (exact) mass is 554 g/mol. The van der Waals surface area contributed by atoms with Crippen LogP contribution < -0.4 is 15.4 Å². The number of alkyl carbamates (subject to hydrolysis) is 1. The van der Waals surface area contributed by atoms with E-state index in [1.54, 1.807) is 24.3 Å². The molecular formula is C28H34N4O6S. The fourth-order valence-corrected chi connectivity index (χ4v) is 3.99. The van der Waals surface area contributed by atoms with Crippen LogP contribution in [0.3, 0.4) is 0 Å². The van der Waals surface area contributed by atoms with Crippen molar-refractivity contribution in [1.29, 1.82) is 0 Å². The van der Waals surface area contributed by atoms with Crippen LogP contribution in [0.2, 0.25) is 0 Å². The quantitative estimate of drug-likeness (QED) is 0.167. The average Bonchev–Trinajstić information content (AvgIpc) is 2.88. The third-order valence-corrected chi connectivity index (χ3v) is 6.18. The van der Waals surface area contributed by atoms with Gasteiger partial charge in [0, 0.05) is 12.1 Å². The summed E-state index contributed by atoms with van der Waals surface area (Å²) in [6.07, 6.45) is 3.18. The van der Waals surface area contributed by atoms with Crippen LogP contribution in [-0.2, 0) is 32.7 Å². The van der Waals surface area contributed by atoms with E-state index in [1.807, 2.05) is 48.9 Å². The summed E-state index contributed by atoms with van der Waals surface area (Å²) in [5.41, 5.74) is 3.66. The third kappa shape index (κ3) is 11.0. The summed E-state index contributed by atoms with van der Waals surface area (Å²) < 4.78 is 37.9. The Morgan fingerprint density at radius 2 is 1.59 bits per heavy atom. The molecule has 208 valence electrons. The number of methoxy groups -OCH3 is 1. The molecule has 0 saturated heterocycles. The second kappa shape index (κ2) is 14.6. The maximum Gasteiger partial charge on any atom is 0.407 e.